The van der Waals surface area contributed by atoms with E-state index in [9.17, 15) is 39.6 Å². The first-order valence-electron chi connectivity index (χ1n) is 9.34. The number of carbonyl (C=O) groups excluding carboxylic acids is 1. The Morgan fingerprint density at radius 3 is 2.29 bits per heavy atom. The van der Waals surface area contributed by atoms with Crippen molar-refractivity contribution in [3.8, 4) is 5.75 Å². The van der Waals surface area contributed by atoms with Crippen LogP contribution in [0.15, 0.2) is 29.2 Å². The highest BCUT2D eigenvalue weighted by molar-refractivity contribution is 7.92. The van der Waals surface area contributed by atoms with Gasteiger partial charge in [-0.25, -0.2) is 8.42 Å². The van der Waals surface area contributed by atoms with Gasteiger partial charge < -0.3 is 4.74 Å². The molecule has 1 atom stereocenters. The van der Waals surface area contributed by atoms with Crippen LogP contribution in [0.1, 0.15) is 39.1 Å². The van der Waals surface area contributed by atoms with E-state index in [1.165, 1.54) is 13.8 Å². The number of nitrogens with zero attached hydrogens (tertiary/aromatic N) is 3. The maximum absolute atomic E-state index is 13.2. The molecule has 2 heterocycles. The number of anilines is 1. The standard InChI is InChI=1S/C18H17F6N3O4S2.CH4/c1-16(2,33(29,30)12-5-3-4-11(9-12)31-18(22,23)24)10-6-7-27(13(28)8-10)15-26-25-14(32-15)17(19,20)21;/h3-5,9-10H,6-8H2,1-2H3;1H4/t10-;/m0./s1. The minimum atomic E-state index is -5.01. The quantitative estimate of drug-likeness (QED) is 0.498. The van der Waals surface area contributed by atoms with Gasteiger partial charge in [-0.15, -0.1) is 23.4 Å². The number of hydrogen-bond donors (Lipinski definition) is 0. The zero-order chi connectivity index (χ0) is 24.8. The van der Waals surface area contributed by atoms with Crippen molar-refractivity contribution in [1.82, 2.24) is 10.2 Å². The number of piperidine rings is 1. The Bertz CT molecular complexity index is 1150. The molecule has 7 nitrogen and oxygen atoms in total. The zero-order valence-electron chi connectivity index (χ0n) is 17.1. The Hall–Kier alpha value is -2.42. The van der Waals surface area contributed by atoms with E-state index >= 15 is 0 Å². The van der Waals surface area contributed by atoms with E-state index in [-0.39, 0.29) is 43.3 Å². The molecule has 0 saturated carbocycles. The van der Waals surface area contributed by atoms with Crippen LogP contribution in [0.5, 0.6) is 5.75 Å². The highest BCUT2D eigenvalue weighted by Gasteiger charge is 2.47. The second kappa shape index (κ2) is 9.32. The number of carbonyl (C=O) groups is 1. The molecule has 1 saturated heterocycles. The smallest absolute Gasteiger partial charge is 0.406 e. The number of hydrogen-bond acceptors (Lipinski definition) is 7. The SMILES string of the molecule is C.CC(C)([C@H]1CCN(c2nnc(C(F)(F)F)s2)C(=O)C1)S(=O)(=O)c1cccc(OC(F)(F)F)c1. The van der Waals surface area contributed by atoms with Gasteiger partial charge in [-0.1, -0.05) is 24.8 Å². The number of amides is 1. The van der Waals surface area contributed by atoms with Crippen LogP contribution in [0.2, 0.25) is 0 Å². The topological polar surface area (TPSA) is 89.5 Å². The molecule has 1 fully saturated rings. The monoisotopic (exact) mass is 533 g/mol. The van der Waals surface area contributed by atoms with Crippen molar-refractivity contribution in [2.75, 3.05) is 11.4 Å². The normalized spacial score (nSPS) is 17.9. The summed E-state index contributed by atoms with van der Waals surface area (Å²) in [6, 6.07) is 3.93. The van der Waals surface area contributed by atoms with Crippen LogP contribution < -0.4 is 9.64 Å². The van der Waals surface area contributed by atoms with Crippen LogP contribution in [0.3, 0.4) is 0 Å². The lowest BCUT2D eigenvalue weighted by Crippen LogP contribution is -2.48. The van der Waals surface area contributed by atoms with Gasteiger partial charge >= 0.3 is 12.5 Å². The van der Waals surface area contributed by atoms with E-state index < -0.39 is 54.6 Å². The van der Waals surface area contributed by atoms with Crippen LogP contribution >= 0.6 is 11.3 Å². The molecule has 0 unspecified atom stereocenters. The Morgan fingerprint density at radius 1 is 1.12 bits per heavy atom. The van der Waals surface area contributed by atoms with Gasteiger partial charge in [0.1, 0.15) is 5.75 Å². The molecule has 1 aliphatic heterocycles. The van der Waals surface area contributed by atoms with E-state index in [0.717, 1.165) is 29.2 Å². The lowest BCUT2D eigenvalue weighted by molar-refractivity contribution is -0.274. The molecule has 0 spiro atoms. The van der Waals surface area contributed by atoms with Gasteiger partial charge in [0.2, 0.25) is 16.0 Å². The van der Waals surface area contributed by atoms with Gasteiger partial charge in [0, 0.05) is 13.0 Å². The summed E-state index contributed by atoms with van der Waals surface area (Å²) in [6.45, 7) is 2.60. The van der Waals surface area contributed by atoms with Crippen LogP contribution in [-0.4, -0.2) is 42.2 Å². The number of benzene rings is 1. The molecule has 190 valence electrons. The van der Waals surface area contributed by atoms with Gasteiger partial charge in [-0.2, -0.15) is 13.2 Å². The fourth-order valence-corrected chi connectivity index (χ4v) is 5.96. The second-order valence-corrected chi connectivity index (χ2v) is 11.2. The van der Waals surface area contributed by atoms with E-state index in [4.69, 9.17) is 0 Å². The Morgan fingerprint density at radius 2 is 1.76 bits per heavy atom. The summed E-state index contributed by atoms with van der Waals surface area (Å²) < 4.78 is 104. The summed E-state index contributed by atoms with van der Waals surface area (Å²) in [4.78, 5) is 13.2. The predicted molar refractivity (Wildman–Crippen MR) is 111 cm³/mol. The first kappa shape index (κ1) is 27.8. The Balaban J connectivity index is 0.00000408. The summed E-state index contributed by atoms with van der Waals surface area (Å²) in [5, 5.41) is 4.99. The zero-order valence-corrected chi connectivity index (χ0v) is 18.7. The third-order valence-corrected chi connectivity index (χ3v) is 8.92. The van der Waals surface area contributed by atoms with E-state index in [1.54, 1.807) is 0 Å². The first-order chi connectivity index (χ1) is 15.0. The van der Waals surface area contributed by atoms with Crippen LogP contribution in [-0.2, 0) is 20.8 Å². The maximum atomic E-state index is 13.2. The molecule has 1 aliphatic rings. The van der Waals surface area contributed by atoms with Crippen molar-refractivity contribution < 1.29 is 44.3 Å². The molecule has 1 aromatic heterocycles. The third-order valence-electron chi connectivity index (χ3n) is 5.34. The maximum Gasteiger partial charge on any atom is 0.573 e. The van der Waals surface area contributed by atoms with Crippen molar-refractivity contribution >= 4 is 32.2 Å². The molecule has 0 radical (unpaired) electrons. The summed E-state index contributed by atoms with van der Waals surface area (Å²) >= 11 is 0.201. The highest BCUT2D eigenvalue weighted by atomic mass is 32.2. The summed E-state index contributed by atoms with van der Waals surface area (Å²) in [5.41, 5.74) is 0. The van der Waals surface area contributed by atoms with E-state index in [2.05, 4.69) is 14.9 Å². The highest BCUT2D eigenvalue weighted by Crippen LogP contribution is 2.41. The minimum Gasteiger partial charge on any atom is -0.406 e. The van der Waals surface area contributed by atoms with E-state index in [0.29, 0.717) is 0 Å². The van der Waals surface area contributed by atoms with Gasteiger partial charge in [0.15, 0.2) is 9.84 Å². The van der Waals surface area contributed by atoms with Crippen molar-refractivity contribution in [3.63, 3.8) is 0 Å². The molecule has 15 heteroatoms. The largest absolute Gasteiger partial charge is 0.573 e. The Kier molecular flexibility index (Phi) is 7.63. The molecule has 34 heavy (non-hydrogen) atoms. The molecular weight excluding hydrogens is 512 g/mol. The van der Waals surface area contributed by atoms with Crippen LogP contribution in [0, 0.1) is 5.92 Å². The van der Waals surface area contributed by atoms with Gasteiger partial charge in [-0.05, 0) is 44.4 Å². The lowest BCUT2D eigenvalue weighted by atomic mass is 9.85. The molecule has 0 aliphatic carbocycles. The third kappa shape index (κ3) is 5.62. The molecule has 0 bridgehead atoms. The van der Waals surface area contributed by atoms with Gasteiger partial charge in [0.25, 0.3) is 0 Å². The van der Waals surface area contributed by atoms with Crippen molar-refractivity contribution in [2.24, 2.45) is 5.92 Å². The number of halogens is 6. The second-order valence-electron chi connectivity index (χ2n) is 7.75. The summed E-state index contributed by atoms with van der Waals surface area (Å²) in [6.07, 6.45) is -9.92. The van der Waals surface area contributed by atoms with Gasteiger partial charge in [0.05, 0.1) is 9.64 Å². The predicted octanol–water partition coefficient (Wildman–Crippen LogP) is 5.09. The van der Waals surface area contributed by atoms with Gasteiger partial charge in [-0.3, -0.25) is 9.69 Å². The average Bonchev–Trinajstić information content (AvgIpc) is 3.17. The Labute approximate surface area is 195 Å². The lowest BCUT2D eigenvalue weighted by Gasteiger charge is -2.38. The van der Waals surface area contributed by atoms with Crippen LogP contribution in [0.4, 0.5) is 31.5 Å². The molecular formula is C19H21F6N3O4S2. The summed E-state index contributed by atoms with van der Waals surface area (Å²) in [7, 11) is -4.23. The van der Waals surface area contributed by atoms with Crippen molar-refractivity contribution in [3.05, 3.63) is 29.3 Å². The molecule has 1 aromatic carbocycles. The summed E-state index contributed by atoms with van der Waals surface area (Å²) in [5.74, 6) is -2.09. The first-order valence-corrected chi connectivity index (χ1v) is 11.6. The number of aromatic nitrogens is 2. The molecule has 1 amide bonds. The van der Waals surface area contributed by atoms with Crippen molar-refractivity contribution in [2.45, 2.75) is 56.3 Å². The average molecular weight is 534 g/mol. The fourth-order valence-electron chi connectivity index (χ4n) is 3.43. The number of ether oxygens (including phenoxy) is 1. The number of alkyl halides is 6. The molecule has 2 aromatic rings. The number of rotatable bonds is 5. The van der Waals surface area contributed by atoms with Crippen molar-refractivity contribution in [1.29, 1.82) is 0 Å². The van der Waals surface area contributed by atoms with E-state index in [1.807, 2.05) is 0 Å². The fraction of sp³-hybridized carbons (Fsp3) is 0.526. The molecule has 0 N–H and O–H groups in total. The number of sulfone groups is 1. The molecule has 3 rings (SSSR count). The minimum absolute atomic E-state index is 0. The van der Waals surface area contributed by atoms with Crippen LogP contribution in [0.25, 0.3) is 0 Å².